The predicted octanol–water partition coefficient (Wildman–Crippen LogP) is 4.02. The first-order valence-corrected chi connectivity index (χ1v) is 8.33. The number of carbonyl (C=O) groups excluding carboxylic acids is 1. The first kappa shape index (κ1) is 15.5. The Morgan fingerprint density at radius 1 is 1.00 bits per heavy atom. The number of carbonyl (C=O) groups is 1. The lowest BCUT2D eigenvalue weighted by Gasteiger charge is -2.25. The number of nitrogens with one attached hydrogen (secondary N) is 1. The molecule has 0 unspecified atom stereocenters. The topological polar surface area (TPSA) is 45.2 Å². The zero-order valence-electron chi connectivity index (χ0n) is 13.6. The van der Waals surface area contributed by atoms with Crippen molar-refractivity contribution in [1.29, 1.82) is 0 Å². The Morgan fingerprint density at radius 2 is 1.74 bits per heavy atom. The van der Waals surface area contributed by atoms with Crippen LogP contribution in [0.4, 0.5) is 11.4 Å². The predicted molar refractivity (Wildman–Crippen MR) is 94.1 cm³/mol. The molecule has 1 saturated heterocycles. The van der Waals surface area contributed by atoms with Crippen LogP contribution in [0.2, 0.25) is 0 Å². The highest BCUT2D eigenvalue weighted by Gasteiger charge is 2.15. The molecule has 0 spiro atoms. The number of rotatable bonds is 3. The lowest BCUT2D eigenvalue weighted by molar-refractivity contribution is 0.102. The van der Waals surface area contributed by atoms with E-state index in [0.717, 1.165) is 30.2 Å². The van der Waals surface area contributed by atoms with Gasteiger partial charge in [0.25, 0.3) is 5.91 Å². The molecule has 120 valence electrons. The van der Waals surface area contributed by atoms with Crippen LogP contribution < -0.4 is 10.2 Å². The summed E-state index contributed by atoms with van der Waals surface area (Å²) in [5.41, 5.74) is 3.27. The molecule has 0 radical (unpaired) electrons. The Morgan fingerprint density at radius 3 is 2.48 bits per heavy atom. The second-order valence-electron chi connectivity index (χ2n) is 6.04. The SMILES string of the molecule is Cc1cccc(C(=O)Nc2ccccc2N2CCCCCC2)n1. The lowest BCUT2D eigenvalue weighted by atomic mass is 10.2. The molecule has 2 aromatic rings. The Hall–Kier alpha value is -2.36. The third-order valence-corrected chi connectivity index (χ3v) is 4.22. The zero-order chi connectivity index (χ0) is 16.1. The smallest absolute Gasteiger partial charge is 0.274 e. The Labute approximate surface area is 137 Å². The summed E-state index contributed by atoms with van der Waals surface area (Å²) in [4.78, 5) is 19.2. The second kappa shape index (κ2) is 7.27. The highest BCUT2D eigenvalue weighted by molar-refractivity contribution is 6.04. The Kier molecular flexibility index (Phi) is 4.91. The number of benzene rings is 1. The third-order valence-electron chi connectivity index (χ3n) is 4.22. The molecule has 1 amide bonds. The monoisotopic (exact) mass is 309 g/mol. The highest BCUT2D eigenvalue weighted by Crippen LogP contribution is 2.28. The van der Waals surface area contributed by atoms with Crippen molar-refractivity contribution < 1.29 is 4.79 Å². The first-order chi connectivity index (χ1) is 11.2. The van der Waals surface area contributed by atoms with Gasteiger partial charge in [0.15, 0.2) is 0 Å². The van der Waals surface area contributed by atoms with Gasteiger partial charge in [0, 0.05) is 18.8 Å². The van der Waals surface area contributed by atoms with Crippen molar-refractivity contribution in [1.82, 2.24) is 4.98 Å². The number of aryl methyl sites for hydroxylation is 1. The molecule has 1 aromatic carbocycles. The van der Waals surface area contributed by atoms with E-state index in [1.165, 1.54) is 25.7 Å². The van der Waals surface area contributed by atoms with Crippen molar-refractivity contribution >= 4 is 17.3 Å². The average Bonchev–Trinajstić information content (AvgIpc) is 2.84. The lowest BCUT2D eigenvalue weighted by Crippen LogP contribution is -2.25. The van der Waals surface area contributed by atoms with Crippen LogP contribution in [0.1, 0.15) is 41.9 Å². The number of amides is 1. The van der Waals surface area contributed by atoms with E-state index in [0.29, 0.717) is 5.69 Å². The molecule has 1 aliphatic rings. The Balaban J connectivity index is 1.81. The highest BCUT2D eigenvalue weighted by atomic mass is 16.1. The van der Waals surface area contributed by atoms with Gasteiger partial charge >= 0.3 is 0 Å². The van der Waals surface area contributed by atoms with Crippen LogP contribution in [-0.2, 0) is 0 Å². The van der Waals surface area contributed by atoms with Gasteiger partial charge in [-0.15, -0.1) is 0 Å². The molecule has 0 saturated carbocycles. The molecular weight excluding hydrogens is 286 g/mol. The first-order valence-electron chi connectivity index (χ1n) is 8.33. The maximum absolute atomic E-state index is 12.5. The molecule has 4 nitrogen and oxygen atoms in total. The molecule has 1 fully saturated rings. The number of nitrogens with zero attached hydrogens (tertiary/aromatic N) is 2. The average molecular weight is 309 g/mol. The molecule has 0 atom stereocenters. The molecule has 4 heteroatoms. The van der Waals surface area contributed by atoms with Crippen LogP contribution in [0, 0.1) is 6.92 Å². The molecule has 0 aliphatic carbocycles. The summed E-state index contributed by atoms with van der Waals surface area (Å²) in [5.74, 6) is -0.157. The summed E-state index contributed by atoms with van der Waals surface area (Å²) in [6.07, 6.45) is 5.00. The normalized spacial score (nSPS) is 15.1. The summed E-state index contributed by atoms with van der Waals surface area (Å²) < 4.78 is 0. The van der Waals surface area contributed by atoms with Crippen LogP contribution in [-0.4, -0.2) is 24.0 Å². The zero-order valence-corrected chi connectivity index (χ0v) is 13.6. The van der Waals surface area contributed by atoms with Crippen molar-refractivity contribution in [2.24, 2.45) is 0 Å². The van der Waals surface area contributed by atoms with Gasteiger partial charge in [-0.05, 0) is 44.0 Å². The molecule has 3 rings (SSSR count). The summed E-state index contributed by atoms with van der Waals surface area (Å²) in [6.45, 7) is 3.99. The molecular formula is C19H23N3O. The largest absolute Gasteiger partial charge is 0.370 e. The van der Waals surface area contributed by atoms with E-state index in [1.807, 2.05) is 37.3 Å². The third kappa shape index (κ3) is 3.89. The van der Waals surface area contributed by atoms with Crippen LogP contribution in [0.25, 0.3) is 0 Å². The van der Waals surface area contributed by atoms with Gasteiger partial charge in [-0.1, -0.05) is 31.0 Å². The fourth-order valence-corrected chi connectivity index (χ4v) is 3.02. The Bertz CT molecular complexity index is 676. The van der Waals surface area contributed by atoms with Gasteiger partial charge in [-0.25, -0.2) is 4.98 Å². The van der Waals surface area contributed by atoms with Gasteiger partial charge in [-0.3, -0.25) is 4.79 Å². The van der Waals surface area contributed by atoms with Gasteiger partial charge in [-0.2, -0.15) is 0 Å². The van der Waals surface area contributed by atoms with Crippen LogP contribution in [0.3, 0.4) is 0 Å². The van der Waals surface area contributed by atoms with Gasteiger partial charge in [0.1, 0.15) is 5.69 Å². The van der Waals surface area contributed by atoms with E-state index < -0.39 is 0 Å². The minimum atomic E-state index is -0.157. The van der Waals surface area contributed by atoms with Crippen LogP contribution in [0.15, 0.2) is 42.5 Å². The van der Waals surface area contributed by atoms with Crippen molar-refractivity contribution in [2.45, 2.75) is 32.6 Å². The maximum atomic E-state index is 12.5. The molecule has 23 heavy (non-hydrogen) atoms. The molecule has 1 aliphatic heterocycles. The number of para-hydroxylation sites is 2. The van der Waals surface area contributed by atoms with Gasteiger partial charge in [0.2, 0.25) is 0 Å². The maximum Gasteiger partial charge on any atom is 0.274 e. The van der Waals surface area contributed by atoms with E-state index in [1.54, 1.807) is 6.07 Å². The summed E-state index contributed by atoms with van der Waals surface area (Å²) in [5, 5.41) is 3.03. The number of hydrogen-bond acceptors (Lipinski definition) is 3. The van der Waals surface area contributed by atoms with Gasteiger partial charge in [0.05, 0.1) is 11.4 Å². The fraction of sp³-hybridized carbons (Fsp3) is 0.368. The number of aromatic nitrogens is 1. The van der Waals surface area contributed by atoms with E-state index in [9.17, 15) is 4.79 Å². The molecule has 1 aromatic heterocycles. The minimum Gasteiger partial charge on any atom is -0.370 e. The van der Waals surface area contributed by atoms with E-state index in [2.05, 4.69) is 21.3 Å². The van der Waals surface area contributed by atoms with Crippen molar-refractivity contribution in [3.8, 4) is 0 Å². The fourth-order valence-electron chi connectivity index (χ4n) is 3.02. The summed E-state index contributed by atoms with van der Waals surface area (Å²) >= 11 is 0. The molecule has 0 bridgehead atoms. The van der Waals surface area contributed by atoms with Gasteiger partial charge < -0.3 is 10.2 Å². The number of anilines is 2. The van der Waals surface area contributed by atoms with E-state index >= 15 is 0 Å². The van der Waals surface area contributed by atoms with E-state index in [4.69, 9.17) is 0 Å². The standard InChI is InChI=1S/C19H23N3O/c1-15-9-8-11-17(20-15)19(23)21-16-10-4-5-12-18(16)22-13-6-2-3-7-14-22/h4-5,8-12H,2-3,6-7,13-14H2,1H3,(H,21,23). The quantitative estimate of drug-likeness (QED) is 0.931. The van der Waals surface area contributed by atoms with E-state index in [-0.39, 0.29) is 5.91 Å². The summed E-state index contributed by atoms with van der Waals surface area (Å²) in [6, 6.07) is 13.5. The van der Waals surface area contributed by atoms with Crippen molar-refractivity contribution in [3.63, 3.8) is 0 Å². The van der Waals surface area contributed by atoms with Crippen molar-refractivity contribution in [2.75, 3.05) is 23.3 Å². The number of hydrogen-bond donors (Lipinski definition) is 1. The van der Waals surface area contributed by atoms with Crippen molar-refractivity contribution in [3.05, 3.63) is 53.9 Å². The van der Waals surface area contributed by atoms with Crippen LogP contribution >= 0.6 is 0 Å². The second-order valence-corrected chi connectivity index (χ2v) is 6.04. The summed E-state index contributed by atoms with van der Waals surface area (Å²) in [7, 11) is 0. The van der Waals surface area contributed by atoms with Crippen LogP contribution in [0.5, 0.6) is 0 Å². The molecule has 2 heterocycles. The molecule has 1 N–H and O–H groups in total. The number of pyridine rings is 1. The minimum absolute atomic E-state index is 0.157.